The highest BCUT2D eigenvalue weighted by Crippen LogP contribution is 2.15. The van der Waals surface area contributed by atoms with Crippen molar-refractivity contribution >= 4 is 23.6 Å². The van der Waals surface area contributed by atoms with Gasteiger partial charge in [0.1, 0.15) is 23.4 Å². The van der Waals surface area contributed by atoms with Gasteiger partial charge in [-0.3, -0.25) is 19.7 Å². The van der Waals surface area contributed by atoms with Gasteiger partial charge in [-0.2, -0.15) is 0 Å². The topological polar surface area (TPSA) is 160 Å². The molecule has 3 amide bonds. The molecule has 0 aromatic heterocycles. The number of nitrogens with one attached hydrogen (secondary N) is 3. The molecular weight excluding hydrogens is 456 g/mol. The number of phenolic OH excluding ortho intramolecular Hbond substituents is 1. The highest BCUT2D eigenvalue weighted by Gasteiger charge is 2.28. The zero-order chi connectivity index (χ0) is 26.2. The number of nitro groups is 1. The number of nitrogens with zero attached hydrogens (tertiary/aromatic N) is 1. The Hall–Kier alpha value is -4.15. The maximum atomic E-state index is 13.2. The molecule has 0 saturated carbocycles. The Morgan fingerprint density at radius 3 is 1.86 bits per heavy atom. The second-order valence-electron chi connectivity index (χ2n) is 8.87. The molecule has 0 heterocycles. The van der Waals surface area contributed by atoms with E-state index in [9.17, 15) is 29.6 Å². The van der Waals surface area contributed by atoms with Crippen LogP contribution in [0.25, 0.3) is 0 Å². The van der Waals surface area contributed by atoms with E-state index in [0.29, 0.717) is 11.1 Å². The number of phenols is 1. The number of nitro benzene ring substituents is 1. The van der Waals surface area contributed by atoms with Gasteiger partial charge in [0.15, 0.2) is 0 Å². The van der Waals surface area contributed by atoms with Crippen LogP contribution in [0.1, 0.15) is 31.9 Å². The number of ether oxygens (including phenoxy) is 1. The number of hydrogen-bond donors (Lipinski definition) is 4. The SMILES string of the molecule is CNC(=O)C(Cc1ccc([N+](=O)[O-])cc1)NC(=O)C(Cc1ccc(O)cc1)NC(=O)OC(C)(C)C. The number of amides is 3. The van der Waals surface area contributed by atoms with Gasteiger partial charge in [-0.05, 0) is 44.0 Å². The summed E-state index contributed by atoms with van der Waals surface area (Å²) in [5.74, 6) is -1.05. The molecule has 0 aliphatic carbocycles. The Labute approximate surface area is 203 Å². The summed E-state index contributed by atoms with van der Waals surface area (Å²) < 4.78 is 5.27. The lowest BCUT2D eigenvalue weighted by molar-refractivity contribution is -0.384. The van der Waals surface area contributed by atoms with Crippen LogP contribution < -0.4 is 16.0 Å². The number of carbonyl (C=O) groups is 3. The fourth-order valence-corrected chi connectivity index (χ4v) is 3.17. The molecule has 0 aliphatic heterocycles. The number of likely N-dealkylation sites (N-methyl/N-ethyl adjacent to an activating group) is 1. The molecule has 2 aromatic rings. The number of non-ortho nitro benzene ring substituents is 1. The Balaban J connectivity index is 2.22. The molecule has 2 atom stereocenters. The van der Waals surface area contributed by atoms with Crippen LogP contribution in [0, 0.1) is 10.1 Å². The molecule has 2 unspecified atom stereocenters. The predicted molar refractivity (Wildman–Crippen MR) is 128 cm³/mol. The van der Waals surface area contributed by atoms with Crippen LogP contribution in [-0.4, -0.2) is 52.7 Å². The van der Waals surface area contributed by atoms with Crippen molar-refractivity contribution in [2.24, 2.45) is 0 Å². The summed E-state index contributed by atoms with van der Waals surface area (Å²) in [5.41, 5.74) is 0.375. The zero-order valence-corrected chi connectivity index (χ0v) is 20.0. The third-order valence-corrected chi connectivity index (χ3v) is 4.85. The van der Waals surface area contributed by atoms with Crippen LogP contribution in [0.15, 0.2) is 48.5 Å². The maximum absolute atomic E-state index is 13.2. The van der Waals surface area contributed by atoms with Crippen LogP contribution >= 0.6 is 0 Å². The largest absolute Gasteiger partial charge is 0.508 e. The van der Waals surface area contributed by atoms with Gasteiger partial charge in [0.25, 0.3) is 5.69 Å². The van der Waals surface area contributed by atoms with Crippen molar-refractivity contribution in [3.63, 3.8) is 0 Å². The molecule has 0 aliphatic rings. The average Bonchev–Trinajstić information content (AvgIpc) is 2.78. The summed E-state index contributed by atoms with van der Waals surface area (Å²) in [4.78, 5) is 48.4. The Morgan fingerprint density at radius 2 is 1.40 bits per heavy atom. The zero-order valence-electron chi connectivity index (χ0n) is 20.0. The number of benzene rings is 2. The van der Waals surface area contributed by atoms with Crippen molar-refractivity contribution in [3.8, 4) is 5.75 Å². The number of carbonyl (C=O) groups excluding carboxylic acids is 3. The third kappa shape index (κ3) is 8.95. The first-order chi connectivity index (χ1) is 16.4. The van der Waals surface area contributed by atoms with Crippen molar-refractivity contribution in [2.45, 2.75) is 51.3 Å². The first-order valence-electron chi connectivity index (χ1n) is 10.9. The van der Waals surface area contributed by atoms with Crippen molar-refractivity contribution in [2.75, 3.05) is 7.05 Å². The second-order valence-corrected chi connectivity index (χ2v) is 8.87. The Morgan fingerprint density at radius 1 is 0.914 bits per heavy atom. The van der Waals surface area contributed by atoms with Crippen molar-refractivity contribution < 1.29 is 29.2 Å². The molecule has 0 fully saturated rings. The van der Waals surface area contributed by atoms with E-state index in [-0.39, 0.29) is 24.3 Å². The van der Waals surface area contributed by atoms with Crippen LogP contribution in [0.2, 0.25) is 0 Å². The fraction of sp³-hybridized carbons (Fsp3) is 0.375. The number of alkyl carbamates (subject to hydrolysis) is 1. The molecule has 35 heavy (non-hydrogen) atoms. The van der Waals surface area contributed by atoms with E-state index in [1.165, 1.54) is 43.4 Å². The fourth-order valence-electron chi connectivity index (χ4n) is 3.17. The summed E-state index contributed by atoms with van der Waals surface area (Å²) in [7, 11) is 1.42. The van der Waals surface area contributed by atoms with E-state index in [0.717, 1.165) is 0 Å². The van der Waals surface area contributed by atoms with Crippen LogP contribution in [0.3, 0.4) is 0 Å². The van der Waals surface area contributed by atoms with Gasteiger partial charge in [0.05, 0.1) is 4.92 Å². The van der Waals surface area contributed by atoms with Crippen molar-refractivity contribution in [3.05, 3.63) is 69.8 Å². The molecule has 0 radical (unpaired) electrons. The Kier molecular flexibility index (Phi) is 9.15. The molecule has 188 valence electrons. The first kappa shape index (κ1) is 27.1. The van der Waals surface area contributed by atoms with Gasteiger partial charge in [-0.25, -0.2) is 4.79 Å². The lowest BCUT2D eigenvalue weighted by Gasteiger charge is -2.25. The van der Waals surface area contributed by atoms with E-state index < -0.39 is 40.5 Å². The second kappa shape index (κ2) is 11.8. The molecule has 11 heteroatoms. The Bertz CT molecular complexity index is 1050. The van der Waals surface area contributed by atoms with Crippen molar-refractivity contribution in [1.29, 1.82) is 0 Å². The van der Waals surface area contributed by atoms with E-state index in [1.807, 2.05) is 0 Å². The quantitative estimate of drug-likeness (QED) is 0.312. The summed E-state index contributed by atoms with van der Waals surface area (Å²) >= 11 is 0. The molecule has 2 rings (SSSR count). The molecule has 11 nitrogen and oxygen atoms in total. The van der Waals surface area contributed by atoms with Crippen LogP contribution in [-0.2, 0) is 27.2 Å². The number of aromatic hydroxyl groups is 1. The summed E-state index contributed by atoms with van der Waals surface area (Å²) in [5, 5.41) is 28.1. The standard InChI is InChI=1S/C24H30N4O7/c1-24(2,3)35-23(32)27-20(14-16-7-11-18(29)12-8-16)22(31)26-19(21(30)25-4)13-15-5-9-17(10-6-15)28(33)34/h5-12,19-20,29H,13-14H2,1-4H3,(H,25,30)(H,26,31)(H,27,32). The van der Waals surface area contributed by atoms with Crippen LogP contribution in [0.5, 0.6) is 5.75 Å². The maximum Gasteiger partial charge on any atom is 0.408 e. The van der Waals surface area contributed by atoms with Gasteiger partial charge < -0.3 is 25.8 Å². The summed E-state index contributed by atoms with van der Waals surface area (Å²) in [6.07, 6.45) is -0.659. The van der Waals surface area contributed by atoms with Gasteiger partial charge in [0, 0.05) is 32.0 Å². The minimum Gasteiger partial charge on any atom is -0.508 e. The van der Waals surface area contributed by atoms with Crippen molar-refractivity contribution in [1.82, 2.24) is 16.0 Å². The van der Waals surface area contributed by atoms with Gasteiger partial charge >= 0.3 is 6.09 Å². The van der Waals surface area contributed by atoms with E-state index in [1.54, 1.807) is 32.9 Å². The molecule has 0 spiro atoms. The number of hydrogen-bond acceptors (Lipinski definition) is 7. The predicted octanol–water partition coefficient (Wildman–Crippen LogP) is 2.21. The van der Waals surface area contributed by atoms with Gasteiger partial charge in [-0.1, -0.05) is 24.3 Å². The summed E-state index contributed by atoms with van der Waals surface area (Å²) in [6.45, 7) is 5.06. The van der Waals surface area contributed by atoms with Gasteiger partial charge in [-0.15, -0.1) is 0 Å². The van der Waals surface area contributed by atoms with Crippen LogP contribution in [0.4, 0.5) is 10.5 Å². The lowest BCUT2D eigenvalue weighted by Crippen LogP contribution is -2.55. The molecule has 0 saturated heterocycles. The van der Waals surface area contributed by atoms with E-state index >= 15 is 0 Å². The molecular formula is C24H30N4O7. The molecule has 2 aromatic carbocycles. The summed E-state index contributed by atoms with van der Waals surface area (Å²) in [6, 6.07) is 9.69. The minimum absolute atomic E-state index is 0.0534. The first-order valence-corrected chi connectivity index (χ1v) is 10.9. The molecule has 0 bridgehead atoms. The lowest BCUT2D eigenvalue weighted by atomic mass is 10.0. The third-order valence-electron chi connectivity index (χ3n) is 4.85. The number of rotatable bonds is 9. The van der Waals surface area contributed by atoms with E-state index in [4.69, 9.17) is 4.74 Å². The molecule has 4 N–H and O–H groups in total. The smallest absolute Gasteiger partial charge is 0.408 e. The van der Waals surface area contributed by atoms with E-state index in [2.05, 4.69) is 16.0 Å². The highest BCUT2D eigenvalue weighted by molar-refractivity contribution is 5.91. The monoisotopic (exact) mass is 486 g/mol. The van der Waals surface area contributed by atoms with Gasteiger partial charge in [0.2, 0.25) is 11.8 Å². The minimum atomic E-state index is -1.08. The average molecular weight is 487 g/mol. The normalized spacial score (nSPS) is 12.7. The highest BCUT2D eigenvalue weighted by atomic mass is 16.6.